The van der Waals surface area contributed by atoms with Crippen LogP contribution in [0.4, 0.5) is 11.4 Å². The van der Waals surface area contributed by atoms with Gasteiger partial charge in [-0.1, -0.05) is 12.5 Å². The number of rotatable bonds is 2. The quantitative estimate of drug-likeness (QED) is 0.777. The molecule has 8 nitrogen and oxygen atoms in total. The predicted molar refractivity (Wildman–Crippen MR) is 110 cm³/mol. The van der Waals surface area contributed by atoms with Gasteiger partial charge >= 0.3 is 5.84 Å². The SMILES string of the molecule is CC1(C)C(=O)Nc2cc(NC3=N[N+]4(N5CCCCC5)C=CN=CC4=N3)ccc21. The van der Waals surface area contributed by atoms with Crippen molar-refractivity contribution in [1.82, 2.24) is 5.01 Å². The first kappa shape index (κ1) is 17.3. The number of carbonyl (C=O) groups is 1. The molecule has 0 bridgehead atoms. The van der Waals surface area contributed by atoms with Crippen LogP contribution < -0.4 is 10.6 Å². The third-order valence-corrected chi connectivity index (χ3v) is 5.88. The smallest absolute Gasteiger partial charge is 0.301 e. The van der Waals surface area contributed by atoms with Gasteiger partial charge in [-0.05, 0) is 54.2 Å². The predicted octanol–water partition coefficient (Wildman–Crippen LogP) is 2.78. The zero-order chi connectivity index (χ0) is 19.4. The lowest BCUT2D eigenvalue weighted by atomic mass is 9.86. The van der Waals surface area contributed by atoms with Crippen LogP contribution in [0.3, 0.4) is 0 Å². The maximum atomic E-state index is 12.2. The Bertz CT molecular complexity index is 969. The van der Waals surface area contributed by atoms with Crippen LogP contribution in [0.25, 0.3) is 0 Å². The highest BCUT2D eigenvalue weighted by Gasteiger charge is 2.47. The third kappa shape index (κ3) is 2.52. The van der Waals surface area contributed by atoms with Crippen LogP contribution in [0.15, 0.2) is 45.7 Å². The molecule has 0 aromatic heterocycles. The van der Waals surface area contributed by atoms with Gasteiger partial charge in [-0.2, -0.15) is 0 Å². The topological polar surface area (TPSA) is 81.5 Å². The highest BCUT2D eigenvalue weighted by Crippen LogP contribution is 2.38. The minimum absolute atomic E-state index is 0.0196. The van der Waals surface area contributed by atoms with Gasteiger partial charge in [-0.3, -0.25) is 9.79 Å². The normalized spacial score (nSPS) is 27.7. The molecule has 2 N–H and O–H groups in total. The van der Waals surface area contributed by atoms with Gasteiger partial charge < -0.3 is 10.6 Å². The number of nitrogens with one attached hydrogen (secondary N) is 2. The van der Waals surface area contributed by atoms with Crippen LogP contribution in [0.1, 0.15) is 38.7 Å². The van der Waals surface area contributed by atoms with Crippen LogP contribution in [0.2, 0.25) is 0 Å². The summed E-state index contributed by atoms with van der Waals surface area (Å²) < 4.78 is 0.251. The van der Waals surface area contributed by atoms with Crippen molar-refractivity contribution < 1.29 is 9.50 Å². The third-order valence-electron chi connectivity index (χ3n) is 5.88. The average Bonchev–Trinajstić information content (AvgIpc) is 3.17. The van der Waals surface area contributed by atoms with E-state index in [0.29, 0.717) is 5.96 Å². The zero-order valence-corrected chi connectivity index (χ0v) is 16.1. The Morgan fingerprint density at radius 2 is 2.04 bits per heavy atom. The van der Waals surface area contributed by atoms with Crippen molar-refractivity contribution in [2.75, 3.05) is 23.7 Å². The number of amides is 1. The van der Waals surface area contributed by atoms with Gasteiger partial charge in [-0.15, -0.1) is 10.0 Å². The van der Waals surface area contributed by atoms with E-state index in [-0.39, 0.29) is 10.6 Å². The van der Waals surface area contributed by atoms with E-state index in [1.165, 1.54) is 6.42 Å². The second kappa shape index (κ2) is 6.08. The Morgan fingerprint density at radius 3 is 2.86 bits per heavy atom. The Labute approximate surface area is 163 Å². The van der Waals surface area contributed by atoms with Crippen molar-refractivity contribution in [2.24, 2.45) is 15.1 Å². The Hall–Kier alpha value is -2.84. The molecule has 4 heterocycles. The lowest BCUT2D eigenvalue weighted by molar-refractivity contribution is -0.918. The number of fused-ring (bicyclic) bond motifs is 2. The van der Waals surface area contributed by atoms with Crippen LogP contribution in [-0.4, -0.2) is 46.7 Å². The maximum Gasteiger partial charge on any atom is 0.301 e. The van der Waals surface area contributed by atoms with Crippen molar-refractivity contribution in [1.29, 1.82) is 0 Å². The van der Waals surface area contributed by atoms with Crippen molar-refractivity contribution in [3.05, 3.63) is 36.2 Å². The Balaban J connectivity index is 1.44. The first-order valence-corrected chi connectivity index (χ1v) is 9.77. The number of quaternary nitrogens is 1. The lowest BCUT2D eigenvalue weighted by Crippen LogP contribution is -2.58. The van der Waals surface area contributed by atoms with Gasteiger partial charge in [0.05, 0.1) is 24.7 Å². The number of piperidine rings is 1. The summed E-state index contributed by atoms with van der Waals surface area (Å²) in [5.74, 6) is 1.36. The van der Waals surface area contributed by atoms with Crippen molar-refractivity contribution in [3.8, 4) is 0 Å². The van der Waals surface area contributed by atoms with E-state index in [0.717, 1.165) is 48.7 Å². The first-order chi connectivity index (χ1) is 13.5. The molecule has 1 fully saturated rings. The molecule has 4 aliphatic rings. The summed E-state index contributed by atoms with van der Waals surface area (Å²) in [6.45, 7) is 5.83. The van der Waals surface area contributed by atoms with Crippen molar-refractivity contribution in [3.63, 3.8) is 0 Å². The molecule has 0 aliphatic carbocycles. The second-order valence-electron chi connectivity index (χ2n) is 8.10. The van der Waals surface area contributed by atoms with Crippen molar-refractivity contribution in [2.45, 2.75) is 38.5 Å². The molecule has 144 valence electrons. The van der Waals surface area contributed by atoms with Gasteiger partial charge in [0.1, 0.15) is 6.21 Å². The molecule has 0 spiro atoms. The molecule has 28 heavy (non-hydrogen) atoms. The summed E-state index contributed by atoms with van der Waals surface area (Å²) >= 11 is 0. The van der Waals surface area contributed by atoms with Gasteiger partial charge in [-0.25, -0.2) is 0 Å². The van der Waals surface area contributed by atoms with E-state index in [9.17, 15) is 4.79 Å². The standard InChI is InChI=1S/C20H23N7O/c1-20(2)15-7-6-14(12-16(15)23-18(20)28)22-19-24-17-13-21-8-11-27(17,25-19)26-9-4-3-5-10-26/h6-8,11-13H,3-5,9-10H2,1-2H3,(H-,22,23,25,28)/p+1. The number of anilines is 2. The Kier molecular flexibility index (Phi) is 3.75. The minimum Gasteiger partial charge on any atom is -0.325 e. The average molecular weight is 378 g/mol. The number of guanidine groups is 1. The number of hydrogen-bond donors (Lipinski definition) is 2. The molecule has 4 aliphatic heterocycles. The Morgan fingerprint density at radius 1 is 1.21 bits per heavy atom. The van der Waals surface area contributed by atoms with Crippen LogP contribution in [-0.2, 0) is 10.2 Å². The lowest BCUT2D eigenvalue weighted by Gasteiger charge is -2.36. The number of hydrogen-bond acceptors (Lipinski definition) is 6. The molecule has 1 unspecified atom stereocenters. The molecular weight excluding hydrogens is 354 g/mol. The van der Waals surface area contributed by atoms with Crippen LogP contribution >= 0.6 is 0 Å². The number of carbonyl (C=O) groups excluding carboxylic acids is 1. The molecule has 8 heteroatoms. The minimum atomic E-state index is -0.510. The van der Waals surface area contributed by atoms with E-state index >= 15 is 0 Å². The number of aliphatic imine (C=N–C) groups is 2. The fraction of sp³-hybridized carbons (Fsp3) is 0.400. The summed E-state index contributed by atoms with van der Waals surface area (Å²) in [5, 5.41) is 13.5. The first-order valence-electron chi connectivity index (χ1n) is 9.77. The van der Waals surface area contributed by atoms with Crippen LogP contribution in [0, 0.1) is 0 Å². The van der Waals surface area contributed by atoms with Gasteiger partial charge in [0.25, 0.3) is 5.96 Å². The summed E-state index contributed by atoms with van der Waals surface area (Å²) in [7, 11) is 0. The number of amidine groups is 1. The van der Waals surface area contributed by atoms with Gasteiger partial charge in [0.2, 0.25) is 5.91 Å². The molecule has 5 rings (SSSR count). The van der Waals surface area contributed by atoms with E-state index in [1.54, 1.807) is 12.4 Å². The second-order valence-corrected chi connectivity index (χ2v) is 8.10. The molecule has 0 radical (unpaired) electrons. The fourth-order valence-electron chi connectivity index (χ4n) is 4.20. The summed E-state index contributed by atoms with van der Waals surface area (Å²) in [5.41, 5.74) is 2.18. The summed E-state index contributed by atoms with van der Waals surface area (Å²) in [6.07, 6.45) is 9.12. The van der Waals surface area contributed by atoms with Crippen molar-refractivity contribution >= 4 is 35.3 Å². The number of nitrogens with zero attached hydrogens (tertiary/aromatic N) is 5. The molecule has 1 amide bonds. The molecular formula is C20H24N7O+. The van der Waals surface area contributed by atoms with Crippen LogP contribution in [0.5, 0.6) is 0 Å². The maximum absolute atomic E-state index is 12.2. The molecule has 1 aromatic carbocycles. The van der Waals surface area contributed by atoms with E-state index < -0.39 is 5.41 Å². The molecule has 1 saturated heterocycles. The molecule has 0 saturated carbocycles. The zero-order valence-electron chi connectivity index (χ0n) is 16.1. The van der Waals surface area contributed by atoms with Gasteiger partial charge in [0.15, 0.2) is 6.20 Å². The summed E-state index contributed by atoms with van der Waals surface area (Å²) in [4.78, 5) is 21.1. The highest BCUT2D eigenvalue weighted by molar-refractivity contribution is 6.30. The summed E-state index contributed by atoms with van der Waals surface area (Å²) in [6, 6.07) is 5.90. The largest absolute Gasteiger partial charge is 0.325 e. The fourth-order valence-corrected chi connectivity index (χ4v) is 4.20. The van der Waals surface area contributed by atoms with E-state index in [4.69, 9.17) is 5.10 Å². The van der Waals surface area contributed by atoms with E-state index in [1.807, 2.05) is 38.2 Å². The highest BCUT2D eigenvalue weighted by atomic mass is 16.2. The molecule has 1 aromatic rings. The number of benzene rings is 1. The van der Waals surface area contributed by atoms with E-state index in [2.05, 4.69) is 25.6 Å². The van der Waals surface area contributed by atoms with Gasteiger partial charge in [0, 0.05) is 11.4 Å². The monoisotopic (exact) mass is 378 g/mol. The molecule has 1 atom stereocenters.